The zero-order chi connectivity index (χ0) is 11.5. The number of aryl methyl sites for hydroxylation is 2. The molecule has 16 heavy (non-hydrogen) atoms. The molecule has 4 nitrogen and oxygen atoms in total. The van der Waals surface area contributed by atoms with Gasteiger partial charge in [0.15, 0.2) is 11.6 Å². The van der Waals surface area contributed by atoms with Gasteiger partial charge in [-0.2, -0.15) is 0 Å². The van der Waals surface area contributed by atoms with Crippen molar-refractivity contribution in [2.45, 2.75) is 26.8 Å². The Morgan fingerprint density at radius 1 is 1.44 bits per heavy atom. The first-order valence-corrected chi connectivity index (χ1v) is 5.40. The Labute approximate surface area is 93.9 Å². The van der Waals surface area contributed by atoms with Crippen molar-refractivity contribution in [1.29, 1.82) is 0 Å². The van der Waals surface area contributed by atoms with Crippen LogP contribution in [-0.4, -0.2) is 15.3 Å². The summed E-state index contributed by atoms with van der Waals surface area (Å²) >= 11 is 0. The Balaban J connectivity index is 2.31. The molecular formula is C12H14N2O2. The molecule has 2 heterocycles. The molecule has 0 fully saturated rings. The molecule has 0 saturated heterocycles. The quantitative estimate of drug-likeness (QED) is 0.740. The van der Waals surface area contributed by atoms with E-state index in [-0.39, 0.29) is 5.78 Å². The summed E-state index contributed by atoms with van der Waals surface area (Å²) in [5.74, 6) is 1.45. The zero-order valence-electron chi connectivity index (χ0n) is 9.43. The summed E-state index contributed by atoms with van der Waals surface area (Å²) in [5.41, 5.74) is 0. The maximum Gasteiger partial charge on any atom is 0.263 e. The van der Waals surface area contributed by atoms with Crippen molar-refractivity contribution < 1.29 is 9.21 Å². The highest BCUT2D eigenvalue weighted by Crippen LogP contribution is 2.13. The van der Waals surface area contributed by atoms with E-state index in [2.05, 4.69) is 4.98 Å². The Kier molecular flexibility index (Phi) is 2.90. The molecule has 0 radical (unpaired) electrons. The van der Waals surface area contributed by atoms with Crippen LogP contribution < -0.4 is 0 Å². The number of furan rings is 1. The molecule has 4 heteroatoms. The fraction of sp³-hybridized carbons (Fsp3) is 0.333. The van der Waals surface area contributed by atoms with Gasteiger partial charge in [0.1, 0.15) is 5.76 Å². The van der Waals surface area contributed by atoms with Crippen molar-refractivity contribution in [3.63, 3.8) is 0 Å². The van der Waals surface area contributed by atoms with E-state index in [0.717, 1.165) is 18.7 Å². The molecule has 0 aliphatic carbocycles. The van der Waals surface area contributed by atoms with E-state index >= 15 is 0 Å². The summed E-state index contributed by atoms with van der Waals surface area (Å²) in [7, 11) is 0. The van der Waals surface area contributed by atoms with E-state index in [1.54, 1.807) is 23.0 Å². The predicted molar refractivity (Wildman–Crippen MR) is 59.4 cm³/mol. The number of carbonyl (C=O) groups excluding carboxylic acids is 1. The lowest BCUT2D eigenvalue weighted by Gasteiger charge is -2.01. The molecule has 0 unspecified atom stereocenters. The maximum atomic E-state index is 12.0. The average molecular weight is 218 g/mol. The van der Waals surface area contributed by atoms with Crippen LogP contribution in [0.2, 0.25) is 0 Å². The lowest BCUT2D eigenvalue weighted by atomic mass is 10.3. The summed E-state index contributed by atoms with van der Waals surface area (Å²) in [4.78, 5) is 16.1. The second-order valence-electron chi connectivity index (χ2n) is 3.49. The van der Waals surface area contributed by atoms with Gasteiger partial charge in [-0.05, 0) is 19.1 Å². The van der Waals surface area contributed by atoms with E-state index in [9.17, 15) is 4.79 Å². The summed E-state index contributed by atoms with van der Waals surface area (Å²) in [5, 5.41) is 0. The minimum Gasteiger partial charge on any atom is -0.457 e. The Hall–Kier alpha value is -1.84. The van der Waals surface area contributed by atoms with E-state index < -0.39 is 0 Å². The number of ketones is 1. The molecule has 2 aromatic heterocycles. The number of carbonyl (C=O) groups is 1. The number of imidazole rings is 1. The van der Waals surface area contributed by atoms with Crippen molar-refractivity contribution in [3.8, 4) is 0 Å². The number of nitrogens with zero attached hydrogens (tertiary/aromatic N) is 2. The third-order valence-electron chi connectivity index (χ3n) is 2.49. The maximum absolute atomic E-state index is 12.0. The van der Waals surface area contributed by atoms with Gasteiger partial charge in [0.05, 0.1) is 0 Å². The highest BCUT2D eigenvalue weighted by Gasteiger charge is 2.17. The number of aromatic nitrogens is 2. The first-order chi connectivity index (χ1) is 7.76. The molecule has 0 bridgehead atoms. The minimum absolute atomic E-state index is 0.161. The monoisotopic (exact) mass is 218 g/mol. The molecule has 0 amide bonds. The molecule has 0 aromatic carbocycles. The van der Waals surface area contributed by atoms with Gasteiger partial charge in [0.2, 0.25) is 0 Å². The summed E-state index contributed by atoms with van der Waals surface area (Å²) < 4.78 is 7.22. The highest BCUT2D eigenvalue weighted by molar-refractivity contribution is 6.04. The SMILES string of the molecule is CCc1ccc(C(=O)c2nccn2CC)o1. The lowest BCUT2D eigenvalue weighted by Crippen LogP contribution is -2.09. The molecule has 0 N–H and O–H groups in total. The predicted octanol–water partition coefficient (Wildman–Crippen LogP) is 2.29. The first-order valence-electron chi connectivity index (χ1n) is 5.40. The van der Waals surface area contributed by atoms with Crippen LogP contribution in [0.4, 0.5) is 0 Å². The third kappa shape index (κ3) is 1.78. The van der Waals surface area contributed by atoms with Crippen LogP contribution in [-0.2, 0) is 13.0 Å². The molecule has 0 atom stereocenters. The van der Waals surface area contributed by atoms with Crippen molar-refractivity contribution >= 4 is 5.78 Å². The molecule has 2 rings (SSSR count). The summed E-state index contributed by atoms with van der Waals surface area (Å²) in [6.07, 6.45) is 4.20. The van der Waals surface area contributed by atoms with Crippen molar-refractivity contribution in [1.82, 2.24) is 9.55 Å². The van der Waals surface area contributed by atoms with Crippen molar-refractivity contribution in [3.05, 3.63) is 41.9 Å². The molecule has 0 aliphatic heterocycles. The Bertz CT molecular complexity index is 497. The average Bonchev–Trinajstić information content (AvgIpc) is 2.96. The highest BCUT2D eigenvalue weighted by atomic mass is 16.3. The van der Waals surface area contributed by atoms with Gasteiger partial charge >= 0.3 is 0 Å². The standard InChI is InChI=1S/C12H14N2O2/c1-3-9-5-6-10(16-9)11(15)12-13-7-8-14(12)4-2/h5-8H,3-4H2,1-2H3. The van der Waals surface area contributed by atoms with E-state index in [4.69, 9.17) is 4.42 Å². The van der Waals surface area contributed by atoms with Crippen LogP contribution in [0.5, 0.6) is 0 Å². The smallest absolute Gasteiger partial charge is 0.263 e. The summed E-state index contributed by atoms with van der Waals surface area (Å²) in [6, 6.07) is 3.53. The van der Waals surface area contributed by atoms with E-state index in [1.807, 2.05) is 19.9 Å². The fourth-order valence-corrected chi connectivity index (χ4v) is 1.57. The zero-order valence-corrected chi connectivity index (χ0v) is 9.43. The first kappa shape index (κ1) is 10.7. The van der Waals surface area contributed by atoms with Gasteiger partial charge in [0, 0.05) is 25.4 Å². The number of hydrogen-bond acceptors (Lipinski definition) is 3. The third-order valence-corrected chi connectivity index (χ3v) is 2.49. The molecule has 0 spiro atoms. The van der Waals surface area contributed by atoms with Crippen LogP contribution in [0.15, 0.2) is 28.9 Å². The Morgan fingerprint density at radius 2 is 2.25 bits per heavy atom. The topological polar surface area (TPSA) is 48.0 Å². The van der Waals surface area contributed by atoms with E-state index in [1.165, 1.54) is 0 Å². The van der Waals surface area contributed by atoms with Crippen LogP contribution in [0.25, 0.3) is 0 Å². The van der Waals surface area contributed by atoms with Crippen LogP contribution in [0.3, 0.4) is 0 Å². The van der Waals surface area contributed by atoms with Crippen LogP contribution in [0, 0.1) is 0 Å². The van der Waals surface area contributed by atoms with Crippen LogP contribution in [0.1, 0.15) is 36.0 Å². The van der Waals surface area contributed by atoms with Gasteiger partial charge in [-0.15, -0.1) is 0 Å². The van der Waals surface area contributed by atoms with Crippen molar-refractivity contribution in [2.24, 2.45) is 0 Å². The van der Waals surface area contributed by atoms with Gasteiger partial charge in [-0.25, -0.2) is 4.98 Å². The summed E-state index contributed by atoms with van der Waals surface area (Å²) in [6.45, 7) is 4.68. The molecule has 84 valence electrons. The van der Waals surface area contributed by atoms with Gasteiger partial charge < -0.3 is 8.98 Å². The molecule has 0 saturated carbocycles. The van der Waals surface area contributed by atoms with Gasteiger partial charge in [-0.3, -0.25) is 4.79 Å². The fourth-order valence-electron chi connectivity index (χ4n) is 1.57. The minimum atomic E-state index is -0.161. The van der Waals surface area contributed by atoms with Crippen molar-refractivity contribution in [2.75, 3.05) is 0 Å². The van der Waals surface area contributed by atoms with E-state index in [0.29, 0.717) is 11.6 Å². The molecular weight excluding hydrogens is 204 g/mol. The Morgan fingerprint density at radius 3 is 2.88 bits per heavy atom. The van der Waals surface area contributed by atoms with Gasteiger partial charge in [0.25, 0.3) is 5.78 Å². The normalized spacial score (nSPS) is 10.6. The van der Waals surface area contributed by atoms with Crippen LogP contribution >= 0.6 is 0 Å². The number of rotatable bonds is 4. The van der Waals surface area contributed by atoms with Gasteiger partial charge in [-0.1, -0.05) is 6.92 Å². The number of hydrogen-bond donors (Lipinski definition) is 0. The largest absolute Gasteiger partial charge is 0.457 e. The second kappa shape index (κ2) is 4.35. The molecule has 2 aromatic rings. The molecule has 0 aliphatic rings. The lowest BCUT2D eigenvalue weighted by molar-refractivity contribution is 0.0994. The second-order valence-corrected chi connectivity index (χ2v) is 3.49.